The van der Waals surface area contributed by atoms with Crippen LogP contribution in [0.15, 0.2) is 12.1 Å². The molecule has 27 heavy (non-hydrogen) atoms. The molecule has 1 atom stereocenters. The number of hydrogen-bond acceptors (Lipinski definition) is 3. The summed E-state index contributed by atoms with van der Waals surface area (Å²) in [6.45, 7) is 3.74. The number of rotatable bonds is 4. The van der Waals surface area contributed by atoms with Crippen molar-refractivity contribution in [3.8, 4) is 0 Å². The quantitative estimate of drug-likeness (QED) is 0.752. The van der Waals surface area contributed by atoms with E-state index in [1.54, 1.807) is 4.90 Å². The fourth-order valence-corrected chi connectivity index (χ4v) is 3.39. The van der Waals surface area contributed by atoms with Gasteiger partial charge in [0.1, 0.15) is 5.82 Å². The van der Waals surface area contributed by atoms with Gasteiger partial charge in [0.05, 0.1) is 11.1 Å². The number of halogens is 7. The Morgan fingerprint density at radius 2 is 1.59 bits per heavy atom. The molecule has 1 saturated heterocycles. The molecule has 1 fully saturated rings. The lowest BCUT2D eigenvalue weighted by Crippen LogP contribution is -2.50. The van der Waals surface area contributed by atoms with Crippen molar-refractivity contribution >= 4 is 0 Å². The van der Waals surface area contributed by atoms with Gasteiger partial charge in [0.15, 0.2) is 0 Å². The van der Waals surface area contributed by atoms with Gasteiger partial charge in [-0.2, -0.15) is 26.3 Å². The Balaban J connectivity index is 2.74. The van der Waals surface area contributed by atoms with E-state index in [1.165, 1.54) is 13.8 Å². The molecule has 10 heteroatoms. The van der Waals surface area contributed by atoms with E-state index < -0.39 is 52.9 Å². The van der Waals surface area contributed by atoms with Crippen LogP contribution in [0.2, 0.25) is 0 Å². The Morgan fingerprint density at radius 3 is 2.04 bits per heavy atom. The first kappa shape index (κ1) is 21.9. The van der Waals surface area contributed by atoms with Crippen molar-refractivity contribution in [1.29, 1.82) is 0 Å². The number of benzene rings is 1. The summed E-state index contributed by atoms with van der Waals surface area (Å²) < 4.78 is 94.3. The van der Waals surface area contributed by atoms with E-state index in [0.717, 1.165) is 0 Å². The van der Waals surface area contributed by atoms with Crippen molar-refractivity contribution in [2.24, 2.45) is 5.41 Å². The molecule has 1 aliphatic rings. The van der Waals surface area contributed by atoms with Crippen LogP contribution in [0.1, 0.15) is 36.6 Å². The van der Waals surface area contributed by atoms with Gasteiger partial charge in [-0.05, 0) is 12.1 Å². The van der Waals surface area contributed by atoms with Crippen LogP contribution in [0.4, 0.5) is 30.7 Å². The highest BCUT2D eigenvalue weighted by Gasteiger charge is 2.46. The normalized spacial score (nSPS) is 18.6. The van der Waals surface area contributed by atoms with E-state index in [1.807, 2.05) is 0 Å². The lowest BCUT2D eigenvalue weighted by atomic mass is 9.77. The number of nitrogens with one attached hydrogen (secondary N) is 1. The highest BCUT2D eigenvalue weighted by Crippen LogP contribution is 2.47. The molecule has 0 unspecified atom stereocenters. The highest BCUT2D eigenvalue weighted by molar-refractivity contribution is 5.40. The van der Waals surface area contributed by atoms with Gasteiger partial charge in [0, 0.05) is 49.8 Å². The second-order valence-electron chi connectivity index (χ2n) is 7.25. The fourth-order valence-electron chi connectivity index (χ4n) is 3.39. The van der Waals surface area contributed by atoms with Crippen molar-refractivity contribution in [2.45, 2.75) is 32.2 Å². The summed E-state index contributed by atoms with van der Waals surface area (Å²) in [6.07, 6.45) is -10.3. The summed E-state index contributed by atoms with van der Waals surface area (Å²) in [5.41, 5.74) is -5.45. The van der Waals surface area contributed by atoms with Gasteiger partial charge in [-0.25, -0.2) is 4.39 Å². The van der Waals surface area contributed by atoms with Crippen molar-refractivity contribution in [1.82, 2.24) is 10.2 Å². The van der Waals surface area contributed by atoms with Crippen LogP contribution in [0.25, 0.3) is 0 Å². The molecule has 1 aromatic rings. The van der Waals surface area contributed by atoms with Crippen LogP contribution in [0.3, 0.4) is 0 Å². The van der Waals surface area contributed by atoms with E-state index in [4.69, 9.17) is 0 Å². The molecule has 0 radical (unpaired) electrons. The third-order valence-corrected chi connectivity index (χ3v) is 4.70. The molecule has 3 nitrogen and oxygen atoms in total. The maximum Gasteiger partial charge on any atom is 0.416 e. The zero-order valence-electron chi connectivity index (χ0n) is 14.8. The van der Waals surface area contributed by atoms with E-state index in [9.17, 15) is 35.8 Å². The second kappa shape index (κ2) is 7.56. The van der Waals surface area contributed by atoms with Crippen LogP contribution in [-0.2, 0) is 12.4 Å². The van der Waals surface area contributed by atoms with Crippen LogP contribution in [-0.4, -0.2) is 42.8 Å². The molecule has 0 saturated carbocycles. The summed E-state index contributed by atoms with van der Waals surface area (Å²) in [6, 6.07) is -1.21. The summed E-state index contributed by atoms with van der Waals surface area (Å²) >= 11 is 0. The molecule has 0 amide bonds. The van der Waals surface area contributed by atoms with E-state index in [2.05, 4.69) is 5.32 Å². The Kier molecular flexibility index (Phi) is 6.13. The largest absolute Gasteiger partial charge is 0.416 e. The smallest absolute Gasteiger partial charge is 0.396 e. The summed E-state index contributed by atoms with van der Waals surface area (Å²) in [5.74, 6) is -1.58. The lowest BCUT2D eigenvalue weighted by Gasteiger charge is -2.44. The Bertz CT molecular complexity index is 664. The number of aliphatic hydroxyl groups is 1. The fraction of sp³-hybridized carbons (Fsp3) is 0.647. The third-order valence-electron chi connectivity index (χ3n) is 4.70. The molecule has 0 aliphatic carbocycles. The maximum atomic E-state index is 14.7. The average molecular weight is 402 g/mol. The number of aliphatic hydroxyl groups excluding tert-OH is 1. The van der Waals surface area contributed by atoms with E-state index >= 15 is 0 Å². The standard InChI is InChI=1S/C17H21F7N2O/c1-15(2,9-27)14(26-5-3-25-4-6-26)13-11(17(22,23)24)7-10(8-12(13)18)16(19,20)21/h7-8,14,25,27H,3-6,9H2,1-2H3/t14-/m1/s1. The molecule has 1 aliphatic heterocycles. The van der Waals surface area contributed by atoms with Gasteiger partial charge < -0.3 is 10.4 Å². The molecule has 0 aromatic heterocycles. The maximum absolute atomic E-state index is 14.7. The van der Waals surface area contributed by atoms with Crippen molar-refractivity contribution in [3.63, 3.8) is 0 Å². The monoisotopic (exact) mass is 402 g/mol. The van der Waals surface area contributed by atoms with Gasteiger partial charge in [-0.15, -0.1) is 0 Å². The van der Waals surface area contributed by atoms with Gasteiger partial charge in [0.2, 0.25) is 0 Å². The minimum Gasteiger partial charge on any atom is -0.396 e. The third kappa shape index (κ3) is 4.72. The van der Waals surface area contributed by atoms with Crippen molar-refractivity contribution in [2.75, 3.05) is 32.8 Å². The van der Waals surface area contributed by atoms with Crippen LogP contribution in [0.5, 0.6) is 0 Å². The summed E-state index contributed by atoms with van der Waals surface area (Å²) in [4.78, 5) is 1.56. The Hall–Kier alpha value is -1.39. The highest BCUT2D eigenvalue weighted by atomic mass is 19.4. The molecular formula is C17H21F7N2O. The predicted molar refractivity (Wildman–Crippen MR) is 84.5 cm³/mol. The van der Waals surface area contributed by atoms with Gasteiger partial charge in [-0.1, -0.05) is 13.8 Å². The first-order valence-electron chi connectivity index (χ1n) is 8.32. The topological polar surface area (TPSA) is 35.5 Å². The van der Waals surface area contributed by atoms with E-state index in [0.29, 0.717) is 13.1 Å². The number of nitrogens with zero attached hydrogens (tertiary/aromatic N) is 1. The molecular weight excluding hydrogens is 381 g/mol. The second-order valence-corrected chi connectivity index (χ2v) is 7.25. The van der Waals surface area contributed by atoms with E-state index in [-0.39, 0.29) is 25.2 Å². The number of piperazine rings is 1. The van der Waals surface area contributed by atoms with Gasteiger partial charge in [0.25, 0.3) is 0 Å². The molecule has 2 rings (SSSR count). The SMILES string of the molecule is CC(C)(CO)[C@@H](c1c(F)cc(C(F)(F)F)cc1C(F)(F)F)N1CCNCC1. The molecule has 1 aromatic carbocycles. The summed E-state index contributed by atoms with van der Waals surface area (Å²) in [7, 11) is 0. The molecule has 154 valence electrons. The molecule has 2 N–H and O–H groups in total. The zero-order chi connectivity index (χ0) is 20.6. The van der Waals surface area contributed by atoms with Crippen LogP contribution >= 0.6 is 0 Å². The first-order valence-corrected chi connectivity index (χ1v) is 8.32. The van der Waals surface area contributed by atoms with Gasteiger partial charge in [-0.3, -0.25) is 4.90 Å². The molecule has 0 spiro atoms. The zero-order valence-corrected chi connectivity index (χ0v) is 14.8. The molecule has 1 heterocycles. The van der Waals surface area contributed by atoms with Crippen molar-refractivity contribution < 1.29 is 35.8 Å². The number of hydrogen-bond donors (Lipinski definition) is 2. The van der Waals surface area contributed by atoms with Gasteiger partial charge >= 0.3 is 12.4 Å². The minimum absolute atomic E-state index is 0.0545. The molecule has 0 bridgehead atoms. The number of alkyl halides is 6. The summed E-state index contributed by atoms with van der Waals surface area (Å²) in [5, 5.41) is 12.7. The Labute approximate surface area is 152 Å². The average Bonchev–Trinajstić information content (AvgIpc) is 2.55. The van der Waals surface area contributed by atoms with Crippen molar-refractivity contribution in [3.05, 3.63) is 34.6 Å². The lowest BCUT2D eigenvalue weighted by molar-refractivity contribution is -0.144. The van der Waals surface area contributed by atoms with Crippen LogP contribution < -0.4 is 5.32 Å². The predicted octanol–water partition coefficient (Wildman–Crippen LogP) is 3.83. The van der Waals surface area contributed by atoms with Crippen LogP contribution in [0, 0.1) is 11.2 Å². The minimum atomic E-state index is -5.19. The Morgan fingerprint density at radius 1 is 1.04 bits per heavy atom. The first-order chi connectivity index (χ1) is 12.3.